The summed E-state index contributed by atoms with van der Waals surface area (Å²) in [6.07, 6.45) is 0.642. The lowest BCUT2D eigenvalue weighted by Crippen LogP contribution is -2.23. The van der Waals surface area contributed by atoms with E-state index in [1.54, 1.807) is 59.7 Å². The molecule has 4 rings (SSSR count). The minimum atomic E-state index is -4.41. The average molecular weight is 422 g/mol. The first-order valence-electron chi connectivity index (χ1n) is 9.41. The molecule has 0 unspecified atom stereocenters. The third-order valence-corrected chi connectivity index (χ3v) is 4.70. The van der Waals surface area contributed by atoms with Gasteiger partial charge in [0.25, 0.3) is 5.91 Å². The van der Waals surface area contributed by atoms with Crippen LogP contribution in [-0.4, -0.2) is 20.7 Å². The van der Waals surface area contributed by atoms with Crippen molar-refractivity contribution in [1.29, 1.82) is 0 Å². The molecule has 2 aromatic carbocycles. The number of rotatable bonds is 5. The Bertz CT molecular complexity index is 1190. The molecule has 0 saturated heterocycles. The third kappa shape index (κ3) is 4.63. The number of amides is 1. The largest absolute Gasteiger partial charge is 0.416 e. The van der Waals surface area contributed by atoms with Gasteiger partial charge >= 0.3 is 6.18 Å². The summed E-state index contributed by atoms with van der Waals surface area (Å²) in [6, 6.07) is 17.0. The number of hydrogen-bond donors (Lipinski definition) is 1. The van der Waals surface area contributed by atoms with Crippen LogP contribution in [0.2, 0.25) is 0 Å². The highest BCUT2D eigenvalue weighted by molar-refractivity contribution is 6.00. The van der Waals surface area contributed by atoms with Crippen molar-refractivity contribution in [3.05, 3.63) is 102 Å². The van der Waals surface area contributed by atoms with Crippen molar-refractivity contribution in [1.82, 2.24) is 20.1 Å². The minimum absolute atomic E-state index is 0.261. The van der Waals surface area contributed by atoms with Crippen LogP contribution >= 0.6 is 0 Å². The van der Waals surface area contributed by atoms with Gasteiger partial charge in [-0.15, -0.1) is 0 Å². The Morgan fingerprint density at radius 1 is 0.968 bits per heavy atom. The SMILES string of the molecule is O=C(NCc1ccnc(-n2cccn2)c1)c1ccccc1-c1ccc(C(F)(F)F)cc1. The van der Waals surface area contributed by atoms with E-state index in [0.29, 0.717) is 22.5 Å². The van der Waals surface area contributed by atoms with Crippen LogP contribution in [0.1, 0.15) is 21.5 Å². The van der Waals surface area contributed by atoms with Crippen LogP contribution in [0.25, 0.3) is 16.9 Å². The first-order chi connectivity index (χ1) is 14.9. The van der Waals surface area contributed by atoms with E-state index in [0.717, 1.165) is 17.7 Å². The highest BCUT2D eigenvalue weighted by Crippen LogP contribution is 2.31. The van der Waals surface area contributed by atoms with E-state index in [2.05, 4.69) is 15.4 Å². The summed E-state index contributed by atoms with van der Waals surface area (Å²) in [4.78, 5) is 17.1. The molecule has 0 spiro atoms. The molecule has 1 N–H and O–H groups in total. The number of hydrogen-bond acceptors (Lipinski definition) is 3. The summed E-state index contributed by atoms with van der Waals surface area (Å²) < 4.78 is 40.1. The summed E-state index contributed by atoms with van der Waals surface area (Å²) in [7, 11) is 0. The summed E-state index contributed by atoms with van der Waals surface area (Å²) in [5.74, 6) is 0.301. The number of benzene rings is 2. The zero-order chi connectivity index (χ0) is 21.8. The third-order valence-electron chi connectivity index (χ3n) is 4.70. The molecular weight excluding hydrogens is 405 g/mol. The van der Waals surface area contributed by atoms with Gasteiger partial charge in [0.15, 0.2) is 5.82 Å². The molecule has 1 amide bonds. The molecule has 0 aliphatic rings. The Hall–Kier alpha value is -3.94. The molecule has 0 aliphatic heterocycles. The quantitative estimate of drug-likeness (QED) is 0.499. The predicted molar refractivity (Wildman–Crippen MR) is 109 cm³/mol. The van der Waals surface area contributed by atoms with E-state index in [1.165, 1.54) is 12.1 Å². The van der Waals surface area contributed by atoms with Crippen LogP contribution in [0.3, 0.4) is 0 Å². The lowest BCUT2D eigenvalue weighted by atomic mass is 9.98. The highest BCUT2D eigenvalue weighted by atomic mass is 19.4. The van der Waals surface area contributed by atoms with Crippen LogP contribution in [0.15, 0.2) is 85.3 Å². The molecule has 0 aliphatic carbocycles. The molecule has 31 heavy (non-hydrogen) atoms. The fraction of sp³-hybridized carbons (Fsp3) is 0.0870. The highest BCUT2D eigenvalue weighted by Gasteiger charge is 2.30. The lowest BCUT2D eigenvalue weighted by Gasteiger charge is -2.12. The van der Waals surface area contributed by atoms with Gasteiger partial charge in [-0.25, -0.2) is 9.67 Å². The molecule has 0 fully saturated rings. The number of aromatic nitrogens is 3. The van der Waals surface area contributed by atoms with Gasteiger partial charge in [-0.1, -0.05) is 30.3 Å². The van der Waals surface area contributed by atoms with Gasteiger partial charge in [0.2, 0.25) is 0 Å². The van der Waals surface area contributed by atoms with Gasteiger partial charge in [-0.2, -0.15) is 18.3 Å². The Labute approximate surface area is 176 Å². The van der Waals surface area contributed by atoms with Gasteiger partial charge in [-0.3, -0.25) is 4.79 Å². The fourth-order valence-corrected chi connectivity index (χ4v) is 3.15. The van der Waals surface area contributed by atoms with Crippen molar-refractivity contribution in [3.8, 4) is 16.9 Å². The van der Waals surface area contributed by atoms with Crippen LogP contribution in [-0.2, 0) is 12.7 Å². The topological polar surface area (TPSA) is 59.8 Å². The van der Waals surface area contributed by atoms with E-state index >= 15 is 0 Å². The van der Waals surface area contributed by atoms with Crippen molar-refractivity contribution < 1.29 is 18.0 Å². The molecule has 4 aromatic rings. The molecule has 2 aromatic heterocycles. The number of alkyl halides is 3. The van der Waals surface area contributed by atoms with Gasteiger partial charge < -0.3 is 5.32 Å². The Morgan fingerprint density at radius 3 is 2.45 bits per heavy atom. The number of halogens is 3. The zero-order valence-corrected chi connectivity index (χ0v) is 16.2. The maximum Gasteiger partial charge on any atom is 0.416 e. The molecule has 5 nitrogen and oxygen atoms in total. The predicted octanol–water partition coefficient (Wildman–Crippen LogP) is 4.88. The maximum atomic E-state index is 12.8. The minimum Gasteiger partial charge on any atom is -0.348 e. The number of carbonyl (C=O) groups excluding carboxylic acids is 1. The Morgan fingerprint density at radius 2 is 1.74 bits per heavy atom. The van der Waals surface area contributed by atoms with Gasteiger partial charge in [0.1, 0.15) is 0 Å². The van der Waals surface area contributed by atoms with Gasteiger partial charge in [0, 0.05) is 30.7 Å². The van der Waals surface area contributed by atoms with Crippen LogP contribution in [0.4, 0.5) is 13.2 Å². The van der Waals surface area contributed by atoms with Crippen molar-refractivity contribution in [2.24, 2.45) is 0 Å². The second-order valence-corrected chi connectivity index (χ2v) is 6.78. The van der Waals surface area contributed by atoms with E-state index < -0.39 is 11.7 Å². The monoisotopic (exact) mass is 422 g/mol. The number of nitrogens with one attached hydrogen (secondary N) is 1. The summed E-state index contributed by atoms with van der Waals surface area (Å²) >= 11 is 0. The zero-order valence-electron chi connectivity index (χ0n) is 16.2. The van der Waals surface area contributed by atoms with Crippen LogP contribution in [0.5, 0.6) is 0 Å². The van der Waals surface area contributed by atoms with Crippen molar-refractivity contribution in [2.75, 3.05) is 0 Å². The molecule has 0 saturated carbocycles. The molecule has 8 heteroatoms. The molecule has 0 bridgehead atoms. The summed E-state index contributed by atoms with van der Waals surface area (Å²) in [6.45, 7) is 0.261. The normalized spacial score (nSPS) is 11.3. The standard InChI is InChI=1S/C23H17F3N4O/c24-23(25,26)18-8-6-17(7-9-18)19-4-1-2-5-20(19)22(31)28-15-16-10-12-27-21(14-16)30-13-3-11-29-30/h1-14H,15H2,(H,28,31). The maximum absolute atomic E-state index is 12.8. The molecule has 2 heterocycles. The van der Waals surface area contributed by atoms with E-state index in [1.807, 2.05) is 6.07 Å². The second kappa shape index (κ2) is 8.43. The average Bonchev–Trinajstić information content (AvgIpc) is 3.32. The first-order valence-corrected chi connectivity index (χ1v) is 9.41. The molecular formula is C23H17F3N4O. The molecule has 0 radical (unpaired) electrons. The van der Waals surface area contributed by atoms with E-state index in [-0.39, 0.29) is 12.5 Å². The fourth-order valence-electron chi connectivity index (χ4n) is 3.15. The Kier molecular flexibility index (Phi) is 5.53. The van der Waals surface area contributed by atoms with Gasteiger partial charge in [-0.05, 0) is 53.1 Å². The Balaban J connectivity index is 1.52. The summed E-state index contributed by atoms with van der Waals surface area (Å²) in [5, 5.41) is 6.99. The number of nitrogens with zero attached hydrogens (tertiary/aromatic N) is 3. The molecule has 156 valence electrons. The summed E-state index contributed by atoms with van der Waals surface area (Å²) in [5.41, 5.74) is 1.57. The van der Waals surface area contributed by atoms with Gasteiger partial charge in [0.05, 0.1) is 5.56 Å². The van der Waals surface area contributed by atoms with E-state index in [4.69, 9.17) is 0 Å². The lowest BCUT2D eigenvalue weighted by molar-refractivity contribution is -0.137. The number of pyridine rings is 1. The van der Waals surface area contributed by atoms with Crippen LogP contribution < -0.4 is 5.32 Å². The molecule has 0 atom stereocenters. The van der Waals surface area contributed by atoms with E-state index in [9.17, 15) is 18.0 Å². The van der Waals surface area contributed by atoms with Crippen LogP contribution in [0, 0.1) is 0 Å². The van der Waals surface area contributed by atoms with Crippen molar-refractivity contribution in [3.63, 3.8) is 0 Å². The first kappa shape index (κ1) is 20.3. The van der Waals surface area contributed by atoms with Crippen molar-refractivity contribution in [2.45, 2.75) is 12.7 Å². The number of carbonyl (C=O) groups is 1. The van der Waals surface area contributed by atoms with Crippen molar-refractivity contribution >= 4 is 5.91 Å². The second-order valence-electron chi connectivity index (χ2n) is 6.78. The smallest absolute Gasteiger partial charge is 0.348 e.